The highest BCUT2D eigenvalue weighted by Gasteiger charge is 2.28. The van der Waals surface area contributed by atoms with Crippen LogP contribution in [0.5, 0.6) is 0 Å². The molecular weight excluding hydrogens is 410 g/mol. The summed E-state index contributed by atoms with van der Waals surface area (Å²) < 4.78 is 21.0. The molecule has 0 fully saturated rings. The van der Waals surface area contributed by atoms with Crippen LogP contribution in [0.1, 0.15) is 23.5 Å². The molecule has 1 aliphatic carbocycles. The van der Waals surface area contributed by atoms with E-state index in [0.29, 0.717) is 46.0 Å². The van der Waals surface area contributed by atoms with E-state index in [4.69, 9.17) is 18.9 Å². The predicted molar refractivity (Wildman–Crippen MR) is 120 cm³/mol. The summed E-state index contributed by atoms with van der Waals surface area (Å²) in [5.74, 6) is -0.412. The first-order valence-corrected chi connectivity index (χ1v) is 10.7. The van der Waals surface area contributed by atoms with Gasteiger partial charge in [0, 0.05) is 25.1 Å². The van der Waals surface area contributed by atoms with Gasteiger partial charge in [-0.05, 0) is 28.7 Å². The minimum atomic E-state index is -0.464. The van der Waals surface area contributed by atoms with E-state index >= 15 is 0 Å². The molecule has 0 unspecified atom stereocenters. The first-order valence-electron chi connectivity index (χ1n) is 10.7. The summed E-state index contributed by atoms with van der Waals surface area (Å²) in [5, 5.41) is 2.76. The number of carbonyl (C=O) groups is 2. The van der Waals surface area contributed by atoms with E-state index in [2.05, 4.69) is 36.2 Å². The summed E-state index contributed by atoms with van der Waals surface area (Å²) in [4.78, 5) is 22.9. The molecule has 3 rings (SSSR count). The van der Waals surface area contributed by atoms with Gasteiger partial charge in [-0.1, -0.05) is 55.1 Å². The van der Waals surface area contributed by atoms with Crippen molar-refractivity contribution in [3.63, 3.8) is 0 Å². The molecule has 170 valence electrons. The predicted octanol–water partition coefficient (Wildman–Crippen LogP) is 3.68. The molecule has 32 heavy (non-hydrogen) atoms. The van der Waals surface area contributed by atoms with Crippen LogP contribution in [-0.2, 0) is 23.7 Å². The second kappa shape index (κ2) is 12.6. The number of nitrogens with one attached hydrogen (secondary N) is 1. The van der Waals surface area contributed by atoms with Crippen molar-refractivity contribution in [3.8, 4) is 11.1 Å². The Morgan fingerprint density at radius 2 is 1.44 bits per heavy atom. The maximum absolute atomic E-state index is 12.1. The summed E-state index contributed by atoms with van der Waals surface area (Å²) in [5.41, 5.74) is 4.79. The van der Waals surface area contributed by atoms with Gasteiger partial charge in [0.15, 0.2) is 0 Å². The van der Waals surface area contributed by atoms with Gasteiger partial charge in [-0.2, -0.15) is 0 Å². The van der Waals surface area contributed by atoms with Crippen molar-refractivity contribution in [2.24, 2.45) is 0 Å². The van der Waals surface area contributed by atoms with Crippen LogP contribution in [0.25, 0.3) is 11.1 Å². The lowest BCUT2D eigenvalue weighted by Crippen LogP contribution is -2.27. The Kier molecular flexibility index (Phi) is 9.28. The molecule has 0 saturated heterocycles. The first kappa shape index (κ1) is 23.5. The Bertz CT molecular complexity index is 867. The van der Waals surface area contributed by atoms with Gasteiger partial charge >= 0.3 is 12.1 Å². The zero-order valence-corrected chi connectivity index (χ0v) is 18.1. The molecule has 2 aromatic rings. The molecule has 1 amide bonds. The fourth-order valence-corrected chi connectivity index (χ4v) is 3.60. The van der Waals surface area contributed by atoms with Gasteiger partial charge in [-0.15, -0.1) is 0 Å². The SMILES string of the molecule is C=CC(=O)OCCOCCOCCCNC(=O)OCC1c2ccccc2-c2ccccc21. The van der Waals surface area contributed by atoms with Gasteiger partial charge in [0.2, 0.25) is 0 Å². The van der Waals surface area contributed by atoms with E-state index in [1.165, 1.54) is 22.3 Å². The number of ether oxygens (including phenoxy) is 4. The summed E-state index contributed by atoms with van der Waals surface area (Å²) in [6.45, 7) is 5.92. The third kappa shape index (κ3) is 6.67. The molecule has 0 heterocycles. The van der Waals surface area contributed by atoms with Crippen LogP contribution in [0.2, 0.25) is 0 Å². The van der Waals surface area contributed by atoms with Crippen molar-refractivity contribution in [1.82, 2.24) is 5.32 Å². The number of fused-ring (bicyclic) bond motifs is 3. The van der Waals surface area contributed by atoms with E-state index in [1.807, 2.05) is 24.3 Å². The molecule has 0 radical (unpaired) electrons. The largest absolute Gasteiger partial charge is 0.460 e. The minimum absolute atomic E-state index is 0.0526. The fourth-order valence-electron chi connectivity index (χ4n) is 3.60. The molecule has 0 saturated carbocycles. The fraction of sp³-hybridized carbons (Fsp3) is 0.360. The Morgan fingerprint density at radius 3 is 2.09 bits per heavy atom. The lowest BCUT2D eigenvalue weighted by molar-refractivity contribution is -0.139. The van der Waals surface area contributed by atoms with Crippen LogP contribution in [-0.4, -0.2) is 58.2 Å². The van der Waals surface area contributed by atoms with Crippen LogP contribution in [0.3, 0.4) is 0 Å². The third-order valence-corrected chi connectivity index (χ3v) is 5.09. The second-order valence-electron chi connectivity index (χ2n) is 7.20. The maximum atomic E-state index is 12.1. The smallest absolute Gasteiger partial charge is 0.407 e. The van der Waals surface area contributed by atoms with E-state index in [-0.39, 0.29) is 12.5 Å². The van der Waals surface area contributed by atoms with E-state index in [1.54, 1.807) is 0 Å². The van der Waals surface area contributed by atoms with Crippen molar-refractivity contribution in [1.29, 1.82) is 0 Å². The molecule has 0 atom stereocenters. The minimum Gasteiger partial charge on any atom is -0.460 e. The number of hydrogen-bond donors (Lipinski definition) is 1. The highest BCUT2D eigenvalue weighted by molar-refractivity contribution is 5.81. The Labute approximate surface area is 188 Å². The lowest BCUT2D eigenvalue weighted by atomic mass is 9.98. The highest BCUT2D eigenvalue weighted by Crippen LogP contribution is 2.44. The Morgan fingerprint density at radius 1 is 0.844 bits per heavy atom. The van der Waals surface area contributed by atoms with Crippen molar-refractivity contribution in [2.75, 3.05) is 46.2 Å². The van der Waals surface area contributed by atoms with Gasteiger partial charge in [-0.25, -0.2) is 9.59 Å². The summed E-state index contributed by atoms with van der Waals surface area (Å²) >= 11 is 0. The van der Waals surface area contributed by atoms with Gasteiger partial charge in [-0.3, -0.25) is 0 Å². The third-order valence-electron chi connectivity index (χ3n) is 5.09. The zero-order chi connectivity index (χ0) is 22.6. The quantitative estimate of drug-likeness (QED) is 0.291. The van der Waals surface area contributed by atoms with E-state index in [9.17, 15) is 9.59 Å². The van der Waals surface area contributed by atoms with Gasteiger partial charge < -0.3 is 24.3 Å². The van der Waals surface area contributed by atoms with Crippen molar-refractivity contribution in [3.05, 3.63) is 72.3 Å². The van der Waals surface area contributed by atoms with Crippen molar-refractivity contribution >= 4 is 12.1 Å². The number of hydrogen-bond acceptors (Lipinski definition) is 6. The standard InChI is InChI=1S/C25H29NO6/c1-2-24(27)31-17-16-30-15-14-29-13-7-12-26-25(28)32-18-23-21-10-5-3-8-19(21)20-9-4-6-11-22(20)23/h2-6,8-11,23H,1,7,12-18H2,(H,26,28). The number of alkyl carbamates (subject to hydrolysis) is 1. The number of amides is 1. The lowest BCUT2D eigenvalue weighted by Gasteiger charge is -2.14. The Hall–Kier alpha value is -3.16. The van der Waals surface area contributed by atoms with Gasteiger partial charge in [0.05, 0.1) is 19.8 Å². The van der Waals surface area contributed by atoms with Crippen LogP contribution in [0.4, 0.5) is 4.79 Å². The molecule has 7 heteroatoms. The highest BCUT2D eigenvalue weighted by atomic mass is 16.6. The van der Waals surface area contributed by atoms with Crippen LogP contribution in [0, 0.1) is 0 Å². The zero-order valence-electron chi connectivity index (χ0n) is 18.1. The van der Waals surface area contributed by atoms with Crippen LogP contribution in [0.15, 0.2) is 61.2 Å². The molecule has 0 spiro atoms. The topological polar surface area (TPSA) is 83.1 Å². The number of esters is 1. The monoisotopic (exact) mass is 439 g/mol. The van der Waals surface area contributed by atoms with Crippen molar-refractivity contribution < 1.29 is 28.5 Å². The number of rotatable bonds is 13. The van der Waals surface area contributed by atoms with E-state index in [0.717, 1.165) is 6.08 Å². The van der Waals surface area contributed by atoms with E-state index < -0.39 is 12.1 Å². The number of carbonyl (C=O) groups excluding carboxylic acids is 2. The van der Waals surface area contributed by atoms with Crippen LogP contribution >= 0.6 is 0 Å². The van der Waals surface area contributed by atoms with Gasteiger partial charge in [0.1, 0.15) is 13.2 Å². The number of benzene rings is 2. The molecular formula is C25H29NO6. The summed E-state index contributed by atoms with van der Waals surface area (Å²) in [6, 6.07) is 16.5. The Balaban J connectivity index is 1.25. The molecule has 7 nitrogen and oxygen atoms in total. The van der Waals surface area contributed by atoms with Crippen molar-refractivity contribution in [2.45, 2.75) is 12.3 Å². The average Bonchev–Trinajstić information content (AvgIpc) is 3.14. The maximum Gasteiger partial charge on any atom is 0.407 e. The summed E-state index contributed by atoms with van der Waals surface area (Å²) in [7, 11) is 0. The summed E-state index contributed by atoms with van der Waals surface area (Å²) in [6.07, 6.45) is 1.35. The second-order valence-corrected chi connectivity index (χ2v) is 7.20. The molecule has 1 aliphatic rings. The molecule has 1 N–H and O–H groups in total. The molecule has 0 aliphatic heterocycles. The average molecular weight is 440 g/mol. The molecule has 2 aromatic carbocycles. The molecule has 0 aromatic heterocycles. The normalized spacial score (nSPS) is 12.0. The van der Waals surface area contributed by atoms with Gasteiger partial charge in [0.25, 0.3) is 0 Å². The van der Waals surface area contributed by atoms with Crippen LogP contribution < -0.4 is 5.32 Å². The molecule has 0 bridgehead atoms. The first-order chi connectivity index (χ1) is 15.7.